The van der Waals surface area contributed by atoms with Crippen LogP contribution in [0.2, 0.25) is 0 Å². The van der Waals surface area contributed by atoms with E-state index >= 15 is 0 Å². The van der Waals surface area contributed by atoms with E-state index in [4.69, 9.17) is 0 Å². The van der Waals surface area contributed by atoms with Gasteiger partial charge in [-0.25, -0.2) is 13.4 Å². The van der Waals surface area contributed by atoms with Crippen LogP contribution in [0.25, 0.3) is 0 Å². The third kappa shape index (κ3) is 6.35. The molecular weight excluding hydrogens is 330 g/mol. The average molecular weight is 350 g/mol. The van der Waals surface area contributed by atoms with Crippen molar-refractivity contribution in [3.63, 3.8) is 0 Å². The summed E-state index contributed by atoms with van der Waals surface area (Å²) in [5.74, 6) is 0.461. The number of pyridine rings is 1. The van der Waals surface area contributed by atoms with Crippen molar-refractivity contribution in [3.8, 4) is 0 Å². The molecule has 5 nitrogen and oxygen atoms in total. The predicted octanol–water partition coefficient (Wildman–Crippen LogP) is 2.28. The van der Waals surface area contributed by atoms with Gasteiger partial charge in [0.05, 0.1) is 5.75 Å². The largest absolute Gasteiger partial charge is 0.317 e. The van der Waals surface area contributed by atoms with Crippen molar-refractivity contribution in [3.05, 3.63) is 22.3 Å². The van der Waals surface area contributed by atoms with Crippen LogP contribution >= 0.6 is 15.9 Å². The first-order chi connectivity index (χ1) is 8.94. The molecule has 1 aromatic rings. The van der Waals surface area contributed by atoms with Crippen molar-refractivity contribution in [1.82, 2.24) is 10.3 Å². The summed E-state index contributed by atoms with van der Waals surface area (Å²) in [6.07, 6.45) is 3.23. The Balaban J connectivity index is 2.47. The molecule has 0 aliphatic rings. The summed E-state index contributed by atoms with van der Waals surface area (Å²) in [6.45, 7) is 5.59. The van der Waals surface area contributed by atoms with Gasteiger partial charge in [0.25, 0.3) is 0 Å². The number of hydrogen-bond acceptors (Lipinski definition) is 4. The van der Waals surface area contributed by atoms with Gasteiger partial charge in [-0.05, 0) is 60.4 Å². The lowest BCUT2D eigenvalue weighted by atomic mass is 10.3. The summed E-state index contributed by atoms with van der Waals surface area (Å²) >= 11 is 3.33. The fraction of sp³-hybridized carbons (Fsp3) is 0.583. The van der Waals surface area contributed by atoms with Crippen LogP contribution in [0.15, 0.2) is 16.7 Å². The normalized spacial score (nSPS) is 11.5. The van der Waals surface area contributed by atoms with Crippen LogP contribution in [-0.2, 0) is 10.0 Å². The first-order valence-corrected chi connectivity index (χ1v) is 8.72. The highest BCUT2D eigenvalue weighted by Crippen LogP contribution is 2.17. The molecule has 108 valence electrons. The molecule has 1 heterocycles. The number of hydrogen-bond donors (Lipinski definition) is 2. The van der Waals surface area contributed by atoms with Gasteiger partial charge in [0, 0.05) is 10.7 Å². The number of halogens is 1. The van der Waals surface area contributed by atoms with Crippen molar-refractivity contribution in [2.75, 3.05) is 23.6 Å². The Bertz CT molecular complexity index is 506. The van der Waals surface area contributed by atoms with Crippen molar-refractivity contribution < 1.29 is 8.42 Å². The van der Waals surface area contributed by atoms with Crippen molar-refractivity contribution in [2.24, 2.45) is 0 Å². The first kappa shape index (κ1) is 16.4. The van der Waals surface area contributed by atoms with E-state index < -0.39 is 10.0 Å². The molecular formula is C12H20BrN3O2S. The monoisotopic (exact) mass is 349 g/mol. The average Bonchev–Trinajstić information content (AvgIpc) is 2.33. The molecule has 0 aromatic carbocycles. The first-order valence-electron chi connectivity index (χ1n) is 6.28. The van der Waals surface area contributed by atoms with Gasteiger partial charge in [-0.1, -0.05) is 6.92 Å². The van der Waals surface area contributed by atoms with Crippen LogP contribution < -0.4 is 10.0 Å². The third-order valence-corrected chi connectivity index (χ3v) is 4.68. The molecule has 0 aliphatic heterocycles. The second kappa shape index (κ2) is 7.81. The lowest BCUT2D eigenvalue weighted by Crippen LogP contribution is -2.22. The summed E-state index contributed by atoms with van der Waals surface area (Å²) < 4.78 is 27.0. The fourth-order valence-electron chi connectivity index (χ4n) is 1.49. The van der Waals surface area contributed by atoms with Gasteiger partial charge in [-0.15, -0.1) is 0 Å². The maximum atomic E-state index is 11.8. The maximum Gasteiger partial charge on any atom is 0.233 e. The number of aromatic nitrogens is 1. The van der Waals surface area contributed by atoms with E-state index in [0.717, 1.165) is 23.0 Å². The van der Waals surface area contributed by atoms with E-state index in [2.05, 4.69) is 37.9 Å². The van der Waals surface area contributed by atoms with E-state index in [0.29, 0.717) is 18.8 Å². The fourth-order valence-corrected chi connectivity index (χ4v) is 2.77. The summed E-state index contributed by atoms with van der Waals surface area (Å²) in [4.78, 5) is 4.03. The van der Waals surface area contributed by atoms with Crippen molar-refractivity contribution in [2.45, 2.75) is 26.7 Å². The maximum absolute atomic E-state index is 11.8. The van der Waals surface area contributed by atoms with E-state index in [-0.39, 0.29) is 5.75 Å². The molecule has 0 atom stereocenters. The molecule has 0 unspecified atom stereocenters. The Morgan fingerprint density at radius 2 is 2.11 bits per heavy atom. The highest BCUT2D eigenvalue weighted by atomic mass is 79.9. The lowest BCUT2D eigenvalue weighted by molar-refractivity contribution is 0.593. The topological polar surface area (TPSA) is 71.1 Å². The smallest absolute Gasteiger partial charge is 0.233 e. The van der Waals surface area contributed by atoms with Crippen LogP contribution in [0.1, 0.15) is 25.3 Å². The highest BCUT2D eigenvalue weighted by Gasteiger charge is 2.11. The molecule has 0 aliphatic carbocycles. The van der Waals surface area contributed by atoms with Crippen molar-refractivity contribution >= 4 is 31.8 Å². The second-order valence-electron chi connectivity index (χ2n) is 4.34. The van der Waals surface area contributed by atoms with Gasteiger partial charge in [0.15, 0.2) is 0 Å². The Hall–Kier alpha value is -0.660. The zero-order valence-electron chi connectivity index (χ0n) is 11.2. The van der Waals surface area contributed by atoms with Crippen LogP contribution in [0.4, 0.5) is 5.82 Å². The molecule has 2 N–H and O–H groups in total. The molecule has 0 amide bonds. The molecule has 0 saturated heterocycles. The van der Waals surface area contributed by atoms with E-state index in [1.807, 2.05) is 6.92 Å². The predicted molar refractivity (Wildman–Crippen MR) is 81.9 cm³/mol. The number of sulfonamides is 1. The van der Waals surface area contributed by atoms with Gasteiger partial charge < -0.3 is 5.32 Å². The number of aryl methyl sites for hydroxylation is 1. The van der Waals surface area contributed by atoms with Crippen LogP contribution in [0.3, 0.4) is 0 Å². The van der Waals surface area contributed by atoms with Crippen LogP contribution in [0.5, 0.6) is 0 Å². The minimum atomic E-state index is -3.32. The zero-order valence-corrected chi connectivity index (χ0v) is 13.6. The van der Waals surface area contributed by atoms with Crippen molar-refractivity contribution in [1.29, 1.82) is 0 Å². The SMILES string of the molecule is CCCNCCCS(=O)(=O)Nc1cc(C)c(Br)cn1. The number of nitrogens with zero attached hydrogens (tertiary/aromatic N) is 1. The number of rotatable bonds is 8. The Morgan fingerprint density at radius 1 is 1.37 bits per heavy atom. The second-order valence-corrected chi connectivity index (χ2v) is 7.04. The van der Waals surface area contributed by atoms with Gasteiger partial charge in [0.1, 0.15) is 5.82 Å². The minimum absolute atomic E-state index is 0.0977. The van der Waals surface area contributed by atoms with E-state index in [1.54, 1.807) is 12.3 Å². The summed E-state index contributed by atoms with van der Waals surface area (Å²) in [7, 11) is -3.32. The van der Waals surface area contributed by atoms with Gasteiger partial charge in [0.2, 0.25) is 10.0 Å². The Morgan fingerprint density at radius 3 is 2.74 bits per heavy atom. The molecule has 0 saturated carbocycles. The molecule has 0 radical (unpaired) electrons. The molecule has 0 bridgehead atoms. The van der Waals surface area contributed by atoms with Gasteiger partial charge in [-0.2, -0.15) is 0 Å². The zero-order chi connectivity index (χ0) is 14.3. The molecule has 7 heteroatoms. The van der Waals surface area contributed by atoms with Crippen LogP contribution in [-0.4, -0.2) is 32.2 Å². The number of anilines is 1. The molecule has 1 aromatic heterocycles. The molecule has 0 fully saturated rings. The minimum Gasteiger partial charge on any atom is -0.317 e. The summed E-state index contributed by atoms with van der Waals surface area (Å²) in [6, 6.07) is 1.71. The summed E-state index contributed by atoms with van der Waals surface area (Å²) in [5.41, 5.74) is 0.942. The molecule has 1 rings (SSSR count). The number of nitrogens with one attached hydrogen (secondary N) is 2. The highest BCUT2D eigenvalue weighted by molar-refractivity contribution is 9.10. The molecule has 19 heavy (non-hydrogen) atoms. The van der Waals surface area contributed by atoms with E-state index in [1.165, 1.54) is 0 Å². The lowest BCUT2D eigenvalue weighted by Gasteiger charge is -2.08. The standard InChI is InChI=1S/C12H20BrN3O2S/c1-3-5-14-6-4-7-19(17,18)16-12-8-10(2)11(13)9-15-12/h8-9,14H,3-7H2,1-2H3,(H,15,16). The van der Waals surface area contributed by atoms with Gasteiger partial charge in [-0.3, -0.25) is 4.72 Å². The van der Waals surface area contributed by atoms with Crippen LogP contribution in [0, 0.1) is 6.92 Å². The quantitative estimate of drug-likeness (QED) is 0.706. The Labute approximate surface area is 123 Å². The van der Waals surface area contributed by atoms with Gasteiger partial charge >= 0.3 is 0 Å². The molecule has 0 spiro atoms. The summed E-state index contributed by atoms with van der Waals surface area (Å²) in [5, 5.41) is 3.17. The Kier molecular flexibility index (Phi) is 6.74. The van der Waals surface area contributed by atoms with E-state index in [9.17, 15) is 8.42 Å². The third-order valence-electron chi connectivity index (χ3n) is 2.50.